The Morgan fingerprint density at radius 1 is 1.26 bits per heavy atom. The molecule has 1 amide bonds. The van der Waals surface area contributed by atoms with Gasteiger partial charge in [0.25, 0.3) is 11.6 Å². The van der Waals surface area contributed by atoms with Crippen molar-refractivity contribution in [3.8, 4) is 0 Å². The lowest BCUT2D eigenvalue weighted by Crippen LogP contribution is -2.40. The molecule has 128 valence electrons. The molecule has 0 aliphatic carbocycles. The number of nitro benzene ring substituents is 1. The molecule has 1 atom stereocenters. The van der Waals surface area contributed by atoms with Gasteiger partial charge in [-0.2, -0.15) is 0 Å². The average molecular weight is 322 g/mol. The molecule has 0 spiro atoms. The second-order valence-electron chi connectivity index (χ2n) is 5.72. The third-order valence-electron chi connectivity index (χ3n) is 3.93. The number of benzene rings is 1. The molecule has 0 radical (unpaired) electrons. The number of nitrogens with zero attached hydrogens (tertiary/aromatic N) is 2. The number of nitro groups is 1. The van der Waals surface area contributed by atoms with Crippen LogP contribution in [0.15, 0.2) is 24.3 Å². The first kappa shape index (κ1) is 19.1. The van der Waals surface area contributed by atoms with Crippen LogP contribution in [0, 0.1) is 10.1 Å². The van der Waals surface area contributed by atoms with Crippen LogP contribution in [0.1, 0.15) is 56.3 Å². The van der Waals surface area contributed by atoms with Crippen LogP contribution in [0.3, 0.4) is 0 Å². The zero-order valence-corrected chi connectivity index (χ0v) is 13.9. The first-order valence-corrected chi connectivity index (χ1v) is 8.17. The maximum atomic E-state index is 12.6. The molecule has 23 heavy (non-hydrogen) atoms. The number of aliphatic hydroxyl groups excluding tert-OH is 1. The SMILES string of the molecule is CCCCCC[C@H](C)N(CCO)C(=O)c1ccc([N+](=O)[O-])cc1. The van der Waals surface area contributed by atoms with Gasteiger partial charge in [-0.1, -0.05) is 32.6 Å². The monoisotopic (exact) mass is 322 g/mol. The van der Waals surface area contributed by atoms with Crippen molar-refractivity contribution in [3.05, 3.63) is 39.9 Å². The van der Waals surface area contributed by atoms with Crippen molar-refractivity contribution in [2.45, 2.75) is 52.0 Å². The Morgan fingerprint density at radius 3 is 2.43 bits per heavy atom. The summed E-state index contributed by atoms with van der Waals surface area (Å²) in [5.41, 5.74) is 0.368. The van der Waals surface area contributed by atoms with Gasteiger partial charge in [0.1, 0.15) is 0 Å². The molecular weight excluding hydrogens is 296 g/mol. The standard InChI is InChI=1S/C17H26N2O4/c1-3-4-5-6-7-14(2)18(12-13-20)17(21)15-8-10-16(11-9-15)19(22)23/h8-11,14,20H,3-7,12-13H2,1-2H3/t14-/m0/s1. The van der Waals surface area contributed by atoms with Gasteiger partial charge in [0, 0.05) is 30.3 Å². The lowest BCUT2D eigenvalue weighted by Gasteiger charge is -2.29. The van der Waals surface area contributed by atoms with Crippen molar-refractivity contribution in [1.29, 1.82) is 0 Å². The highest BCUT2D eigenvalue weighted by Gasteiger charge is 2.21. The van der Waals surface area contributed by atoms with Gasteiger partial charge in [-0.3, -0.25) is 14.9 Å². The summed E-state index contributed by atoms with van der Waals surface area (Å²) < 4.78 is 0. The van der Waals surface area contributed by atoms with E-state index in [1.165, 1.54) is 30.7 Å². The van der Waals surface area contributed by atoms with E-state index in [-0.39, 0.29) is 30.8 Å². The van der Waals surface area contributed by atoms with E-state index >= 15 is 0 Å². The van der Waals surface area contributed by atoms with Crippen LogP contribution in [-0.2, 0) is 0 Å². The van der Waals surface area contributed by atoms with Crippen molar-refractivity contribution in [3.63, 3.8) is 0 Å². The Hall–Kier alpha value is -1.95. The Bertz CT molecular complexity index is 502. The summed E-state index contributed by atoms with van der Waals surface area (Å²) in [6, 6.07) is 5.62. The van der Waals surface area contributed by atoms with E-state index in [1.807, 2.05) is 6.92 Å². The van der Waals surface area contributed by atoms with Crippen LogP contribution >= 0.6 is 0 Å². The van der Waals surface area contributed by atoms with Crippen LogP contribution in [0.2, 0.25) is 0 Å². The molecule has 0 heterocycles. The maximum Gasteiger partial charge on any atom is 0.269 e. The third kappa shape index (κ3) is 5.98. The topological polar surface area (TPSA) is 83.7 Å². The molecule has 1 rings (SSSR count). The predicted molar refractivity (Wildman–Crippen MR) is 89.4 cm³/mol. The third-order valence-corrected chi connectivity index (χ3v) is 3.93. The van der Waals surface area contributed by atoms with Gasteiger partial charge >= 0.3 is 0 Å². The van der Waals surface area contributed by atoms with E-state index in [0.29, 0.717) is 5.56 Å². The molecule has 0 aliphatic heterocycles. The molecule has 6 heteroatoms. The minimum absolute atomic E-state index is 0.0294. The van der Waals surface area contributed by atoms with Crippen LogP contribution in [0.4, 0.5) is 5.69 Å². The van der Waals surface area contributed by atoms with Gasteiger partial charge in [-0.05, 0) is 25.5 Å². The van der Waals surface area contributed by atoms with E-state index in [9.17, 15) is 20.0 Å². The van der Waals surface area contributed by atoms with Gasteiger partial charge in [0.05, 0.1) is 11.5 Å². The number of unbranched alkanes of at least 4 members (excludes halogenated alkanes) is 3. The fraction of sp³-hybridized carbons (Fsp3) is 0.588. The molecule has 0 aromatic heterocycles. The zero-order valence-electron chi connectivity index (χ0n) is 13.9. The van der Waals surface area contributed by atoms with Crippen LogP contribution in [0.5, 0.6) is 0 Å². The Labute approximate surface area is 137 Å². The fourth-order valence-corrected chi connectivity index (χ4v) is 2.54. The van der Waals surface area contributed by atoms with E-state index in [1.54, 1.807) is 4.90 Å². The second-order valence-corrected chi connectivity index (χ2v) is 5.72. The largest absolute Gasteiger partial charge is 0.395 e. The number of hydrogen-bond donors (Lipinski definition) is 1. The maximum absolute atomic E-state index is 12.6. The van der Waals surface area contributed by atoms with Crippen LogP contribution in [0.25, 0.3) is 0 Å². The molecule has 1 aromatic carbocycles. The number of amides is 1. The van der Waals surface area contributed by atoms with Crippen LogP contribution < -0.4 is 0 Å². The molecule has 0 bridgehead atoms. The molecule has 1 aromatic rings. The van der Waals surface area contributed by atoms with Crippen LogP contribution in [-0.4, -0.2) is 40.0 Å². The van der Waals surface area contributed by atoms with Crippen molar-refractivity contribution < 1.29 is 14.8 Å². The minimum Gasteiger partial charge on any atom is -0.395 e. The second kappa shape index (κ2) is 9.94. The number of hydrogen-bond acceptors (Lipinski definition) is 4. The first-order chi connectivity index (χ1) is 11.0. The molecule has 0 saturated heterocycles. The van der Waals surface area contributed by atoms with Gasteiger partial charge in [0.15, 0.2) is 0 Å². The smallest absolute Gasteiger partial charge is 0.269 e. The summed E-state index contributed by atoms with van der Waals surface area (Å²) in [7, 11) is 0. The Balaban J connectivity index is 2.74. The van der Waals surface area contributed by atoms with E-state index in [4.69, 9.17) is 0 Å². The lowest BCUT2D eigenvalue weighted by atomic mass is 10.1. The quantitative estimate of drug-likeness (QED) is 0.406. The van der Waals surface area contributed by atoms with Gasteiger partial charge in [0.2, 0.25) is 0 Å². The zero-order chi connectivity index (χ0) is 17.2. The Morgan fingerprint density at radius 2 is 1.91 bits per heavy atom. The highest BCUT2D eigenvalue weighted by Crippen LogP contribution is 2.17. The van der Waals surface area contributed by atoms with E-state index in [0.717, 1.165) is 25.7 Å². The number of aliphatic hydroxyl groups is 1. The summed E-state index contributed by atoms with van der Waals surface area (Å²) in [4.78, 5) is 24.4. The average Bonchev–Trinajstić information content (AvgIpc) is 2.56. The predicted octanol–water partition coefficient (Wildman–Crippen LogP) is 3.39. The van der Waals surface area contributed by atoms with Crippen molar-refractivity contribution >= 4 is 11.6 Å². The van der Waals surface area contributed by atoms with Gasteiger partial charge < -0.3 is 10.0 Å². The van der Waals surface area contributed by atoms with Crippen molar-refractivity contribution in [2.24, 2.45) is 0 Å². The highest BCUT2D eigenvalue weighted by atomic mass is 16.6. The molecule has 6 nitrogen and oxygen atoms in total. The summed E-state index contributed by atoms with van der Waals surface area (Å²) in [6.45, 7) is 4.30. The van der Waals surface area contributed by atoms with E-state index < -0.39 is 4.92 Å². The molecular formula is C17H26N2O4. The van der Waals surface area contributed by atoms with Crippen molar-refractivity contribution in [2.75, 3.05) is 13.2 Å². The number of rotatable bonds is 10. The molecule has 0 saturated carbocycles. The first-order valence-electron chi connectivity index (χ1n) is 8.17. The normalized spacial score (nSPS) is 12.0. The fourth-order valence-electron chi connectivity index (χ4n) is 2.54. The number of carbonyl (C=O) groups excluding carboxylic acids is 1. The lowest BCUT2D eigenvalue weighted by molar-refractivity contribution is -0.384. The summed E-state index contributed by atoms with van der Waals surface area (Å²) in [5, 5.41) is 19.9. The molecule has 0 unspecified atom stereocenters. The summed E-state index contributed by atoms with van der Waals surface area (Å²) in [5.74, 6) is -0.197. The molecule has 0 aliphatic rings. The Kier molecular flexibility index (Phi) is 8.26. The minimum atomic E-state index is -0.490. The van der Waals surface area contributed by atoms with Crippen molar-refractivity contribution in [1.82, 2.24) is 4.90 Å². The number of non-ortho nitro benzene ring substituents is 1. The molecule has 0 fully saturated rings. The van der Waals surface area contributed by atoms with Gasteiger partial charge in [-0.15, -0.1) is 0 Å². The number of carbonyl (C=O) groups is 1. The van der Waals surface area contributed by atoms with E-state index in [2.05, 4.69) is 6.92 Å². The molecule has 1 N–H and O–H groups in total. The van der Waals surface area contributed by atoms with Gasteiger partial charge in [-0.25, -0.2) is 0 Å². The highest BCUT2D eigenvalue weighted by molar-refractivity contribution is 5.94. The summed E-state index contributed by atoms with van der Waals surface area (Å²) in [6.07, 6.45) is 5.42. The summed E-state index contributed by atoms with van der Waals surface area (Å²) >= 11 is 0.